The van der Waals surface area contributed by atoms with Crippen LogP contribution < -0.4 is 10.2 Å². The van der Waals surface area contributed by atoms with Gasteiger partial charge in [-0.2, -0.15) is 0 Å². The summed E-state index contributed by atoms with van der Waals surface area (Å²) in [5.74, 6) is 1.70. The Morgan fingerprint density at radius 3 is 2.76 bits per heavy atom. The standard InChI is InChI=1S/C17H30N4/c1-12(2)18-10-15-11-19-17(20-14(15)4)21(5)16-8-6-7-13(3)9-16/h11-13,16,18H,6-10H2,1-5H3. The van der Waals surface area contributed by atoms with E-state index in [-0.39, 0.29) is 0 Å². The lowest BCUT2D eigenvalue weighted by Gasteiger charge is -2.34. The van der Waals surface area contributed by atoms with Gasteiger partial charge in [0.15, 0.2) is 0 Å². The molecule has 1 fully saturated rings. The van der Waals surface area contributed by atoms with Crippen molar-refractivity contribution >= 4 is 5.95 Å². The van der Waals surface area contributed by atoms with Gasteiger partial charge in [-0.3, -0.25) is 0 Å². The molecular weight excluding hydrogens is 260 g/mol. The molecule has 21 heavy (non-hydrogen) atoms. The van der Waals surface area contributed by atoms with Crippen molar-refractivity contribution in [2.45, 2.75) is 72.0 Å². The molecule has 2 rings (SSSR count). The molecule has 4 heteroatoms. The number of aromatic nitrogens is 2. The smallest absolute Gasteiger partial charge is 0.225 e. The van der Waals surface area contributed by atoms with Crippen molar-refractivity contribution in [1.29, 1.82) is 0 Å². The third-order valence-electron chi connectivity index (χ3n) is 4.54. The molecule has 4 nitrogen and oxygen atoms in total. The van der Waals surface area contributed by atoms with Gasteiger partial charge in [-0.15, -0.1) is 0 Å². The van der Waals surface area contributed by atoms with Gasteiger partial charge >= 0.3 is 0 Å². The third kappa shape index (κ3) is 4.40. The molecular formula is C17H30N4. The van der Waals surface area contributed by atoms with Crippen LogP contribution in [0.4, 0.5) is 5.95 Å². The molecule has 1 saturated carbocycles. The van der Waals surface area contributed by atoms with E-state index in [4.69, 9.17) is 4.98 Å². The SMILES string of the molecule is Cc1nc(N(C)C2CCCC(C)C2)ncc1CNC(C)C. The van der Waals surface area contributed by atoms with Gasteiger partial charge in [0.25, 0.3) is 0 Å². The first-order chi connectivity index (χ1) is 9.97. The van der Waals surface area contributed by atoms with E-state index in [2.05, 4.69) is 49.9 Å². The normalized spacial score (nSPS) is 22.6. The molecule has 0 radical (unpaired) electrons. The Morgan fingerprint density at radius 2 is 2.14 bits per heavy atom. The number of anilines is 1. The summed E-state index contributed by atoms with van der Waals surface area (Å²) in [5.41, 5.74) is 2.28. The summed E-state index contributed by atoms with van der Waals surface area (Å²) in [5, 5.41) is 3.43. The predicted octanol–water partition coefficient (Wildman–Crippen LogP) is 3.30. The van der Waals surface area contributed by atoms with Crippen LogP contribution >= 0.6 is 0 Å². The van der Waals surface area contributed by atoms with Crippen LogP contribution in [0.25, 0.3) is 0 Å². The van der Waals surface area contributed by atoms with Gasteiger partial charge in [-0.05, 0) is 25.7 Å². The topological polar surface area (TPSA) is 41.1 Å². The molecule has 1 aliphatic carbocycles. The van der Waals surface area contributed by atoms with Crippen LogP contribution in [0.5, 0.6) is 0 Å². The Labute approximate surface area is 129 Å². The van der Waals surface area contributed by atoms with Crippen LogP contribution in [0.1, 0.15) is 57.7 Å². The second-order valence-corrected chi connectivity index (χ2v) is 6.85. The summed E-state index contributed by atoms with van der Waals surface area (Å²) in [4.78, 5) is 11.6. The Bertz CT molecular complexity index is 458. The van der Waals surface area contributed by atoms with Crippen LogP contribution in [0.3, 0.4) is 0 Å². The average Bonchev–Trinajstić information content (AvgIpc) is 2.45. The lowest BCUT2D eigenvalue weighted by Crippen LogP contribution is -2.36. The maximum Gasteiger partial charge on any atom is 0.225 e. The van der Waals surface area contributed by atoms with E-state index in [9.17, 15) is 0 Å². The van der Waals surface area contributed by atoms with E-state index in [0.717, 1.165) is 24.1 Å². The molecule has 0 bridgehead atoms. The van der Waals surface area contributed by atoms with Crippen LogP contribution in [0.15, 0.2) is 6.20 Å². The van der Waals surface area contributed by atoms with Crippen molar-refractivity contribution in [2.24, 2.45) is 5.92 Å². The second kappa shape index (κ2) is 7.21. The van der Waals surface area contributed by atoms with Crippen molar-refractivity contribution in [2.75, 3.05) is 11.9 Å². The van der Waals surface area contributed by atoms with Crippen molar-refractivity contribution < 1.29 is 0 Å². The largest absolute Gasteiger partial charge is 0.341 e. The fraction of sp³-hybridized carbons (Fsp3) is 0.765. The Balaban J connectivity index is 2.04. The van der Waals surface area contributed by atoms with Crippen molar-refractivity contribution in [3.8, 4) is 0 Å². The lowest BCUT2D eigenvalue weighted by molar-refractivity contribution is 0.334. The molecule has 0 amide bonds. The minimum absolute atomic E-state index is 0.482. The summed E-state index contributed by atoms with van der Waals surface area (Å²) in [6.07, 6.45) is 7.20. The highest BCUT2D eigenvalue weighted by atomic mass is 15.3. The number of nitrogens with one attached hydrogen (secondary N) is 1. The average molecular weight is 290 g/mol. The first kappa shape index (κ1) is 16.2. The first-order valence-corrected chi connectivity index (χ1v) is 8.26. The number of nitrogens with zero attached hydrogens (tertiary/aromatic N) is 3. The zero-order valence-electron chi connectivity index (χ0n) is 14.2. The lowest BCUT2D eigenvalue weighted by atomic mass is 9.86. The summed E-state index contributed by atoms with van der Waals surface area (Å²) in [6, 6.07) is 1.07. The minimum atomic E-state index is 0.482. The maximum atomic E-state index is 4.73. The minimum Gasteiger partial charge on any atom is -0.341 e. The fourth-order valence-electron chi connectivity index (χ4n) is 3.05. The van der Waals surface area contributed by atoms with E-state index in [1.165, 1.54) is 31.2 Å². The molecule has 1 aromatic heterocycles. The molecule has 1 heterocycles. The molecule has 2 unspecified atom stereocenters. The van der Waals surface area contributed by atoms with Gasteiger partial charge < -0.3 is 10.2 Å². The monoisotopic (exact) mass is 290 g/mol. The number of aryl methyl sites for hydroxylation is 1. The summed E-state index contributed by atoms with van der Waals surface area (Å²) >= 11 is 0. The van der Waals surface area contributed by atoms with Gasteiger partial charge in [0.1, 0.15) is 0 Å². The number of hydrogen-bond donors (Lipinski definition) is 1. The molecule has 0 aromatic carbocycles. The van der Waals surface area contributed by atoms with Gasteiger partial charge in [0.05, 0.1) is 0 Å². The van der Waals surface area contributed by atoms with Gasteiger partial charge in [-0.25, -0.2) is 9.97 Å². The zero-order valence-corrected chi connectivity index (χ0v) is 14.2. The summed E-state index contributed by atoms with van der Waals surface area (Å²) in [6.45, 7) is 9.59. The van der Waals surface area contributed by atoms with Gasteiger partial charge in [-0.1, -0.05) is 33.6 Å². The van der Waals surface area contributed by atoms with Crippen molar-refractivity contribution in [3.63, 3.8) is 0 Å². The van der Waals surface area contributed by atoms with E-state index in [1.54, 1.807) is 0 Å². The number of rotatable bonds is 5. The van der Waals surface area contributed by atoms with Crippen LogP contribution in [-0.4, -0.2) is 29.1 Å². The highest BCUT2D eigenvalue weighted by Gasteiger charge is 2.24. The maximum absolute atomic E-state index is 4.73. The molecule has 0 saturated heterocycles. The summed E-state index contributed by atoms with van der Waals surface area (Å²) < 4.78 is 0. The Hall–Kier alpha value is -1.16. The van der Waals surface area contributed by atoms with Crippen molar-refractivity contribution in [3.05, 3.63) is 17.5 Å². The molecule has 0 aliphatic heterocycles. The highest BCUT2D eigenvalue weighted by Crippen LogP contribution is 2.28. The van der Waals surface area contributed by atoms with E-state index in [0.29, 0.717) is 12.1 Å². The van der Waals surface area contributed by atoms with Crippen molar-refractivity contribution in [1.82, 2.24) is 15.3 Å². The Morgan fingerprint density at radius 1 is 1.38 bits per heavy atom. The quantitative estimate of drug-likeness (QED) is 0.903. The van der Waals surface area contributed by atoms with E-state index < -0.39 is 0 Å². The third-order valence-corrected chi connectivity index (χ3v) is 4.54. The number of hydrogen-bond acceptors (Lipinski definition) is 4. The van der Waals surface area contributed by atoms with Gasteiger partial charge in [0.2, 0.25) is 5.95 Å². The van der Waals surface area contributed by atoms with Crippen LogP contribution in [0, 0.1) is 12.8 Å². The highest BCUT2D eigenvalue weighted by molar-refractivity contribution is 5.33. The first-order valence-electron chi connectivity index (χ1n) is 8.26. The van der Waals surface area contributed by atoms with Crippen LogP contribution in [-0.2, 0) is 6.54 Å². The van der Waals surface area contributed by atoms with E-state index in [1.807, 2.05) is 6.20 Å². The van der Waals surface area contributed by atoms with E-state index >= 15 is 0 Å². The molecule has 1 N–H and O–H groups in total. The fourth-order valence-corrected chi connectivity index (χ4v) is 3.05. The zero-order chi connectivity index (χ0) is 15.4. The second-order valence-electron chi connectivity index (χ2n) is 6.85. The molecule has 0 spiro atoms. The van der Waals surface area contributed by atoms with Crippen LogP contribution in [0.2, 0.25) is 0 Å². The predicted molar refractivity (Wildman–Crippen MR) is 88.6 cm³/mol. The molecule has 1 aromatic rings. The molecule has 2 atom stereocenters. The molecule has 118 valence electrons. The Kier molecular flexibility index (Phi) is 5.57. The summed E-state index contributed by atoms with van der Waals surface area (Å²) in [7, 11) is 2.14. The molecule has 1 aliphatic rings. The van der Waals surface area contributed by atoms with Gasteiger partial charge in [0, 0.05) is 43.1 Å².